The van der Waals surface area contributed by atoms with E-state index < -0.39 is 29.7 Å². The van der Waals surface area contributed by atoms with E-state index in [0.717, 1.165) is 12.3 Å². The largest absolute Gasteiger partial charge is 0.451 e. The molecular formula is C24H17F4N5O2. The van der Waals surface area contributed by atoms with Gasteiger partial charge in [-0.25, -0.2) is 19.5 Å². The lowest BCUT2D eigenvalue weighted by Crippen LogP contribution is -2.30. The molecule has 7 nitrogen and oxygen atoms in total. The van der Waals surface area contributed by atoms with E-state index in [4.69, 9.17) is 0 Å². The van der Waals surface area contributed by atoms with Crippen LogP contribution in [0.25, 0.3) is 10.8 Å². The summed E-state index contributed by atoms with van der Waals surface area (Å²) < 4.78 is 53.2. The van der Waals surface area contributed by atoms with Crippen LogP contribution in [0.4, 0.5) is 17.6 Å². The molecule has 1 atom stereocenters. The van der Waals surface area contributed by atoms with Crippen LogP contribution in [0.1, 0.15) is 22.8 Å². The molecule has 2 aliphatic rings. The van der Waals surface area contributed by atoms with Gasteiger partial charge in [-0.1, -0.05) is 30.4 Å². The zero-order valence-electron chi connectivity index (χ0n) is 18.0. The Morgan fingerprint density at radius 1 is 1.11 bits per heavy atom. The number of halogens is 4. The summed E-state index contributed by atoms with van der Waals surface area (Å²) >= 11 is 0. The van der Waals surface area contributed by atoms with Gasteiger partial charge in [-0.2, -0.15) is 18.3 Å². The number of alkyl halides is 3. The lowest BCUT2D eigenvalue weighted by Gasteiger charge is -2.19. The number of aromatic amines is 1. The number of benzene rings is 1. The molecule has 35 heavy (non-hydrogen) atoms. The molecule has 0 saturated carbocycles. The number of allylic oxidation sites excluding steroid dienone is 4. The van der Waals surface area contributed by atoms with E-state index in [9.17, 15) is 27.2 Å². The molecule has 1 unspecified atom stereocenters. The maximum atomic E-state index is 14.4. The number of carbonyl (C=O) groups is 1. The Balaban J connectivity index is 1.41. The maximum Gasteiger partial charge on any atom is 0.451 e. The first-order valence-electron chi connectivity index (χ1n) is 10.6. The Morgan fingerprint density at radius 3 is 2.66 bits per heavy atom. The molecule has 2 aromatic heterocycles. The van der Waals surface area contributed by atoms with Gasteiger partial charge < -0.3 is 4.90 Å². The van der Waals surface area contributed by atoms with Crippen molar-refractivity contribution in [2.24, 2.45) is 5.92 Å². The van der Waals surface area contributed by atoms with Gasteiger partial charge in [0.25, 0.3) is 5.56 Å². The van der Waals surface area contributed by atoms with E-state index >= 15 is 0 Å². The molecule has 5 rings (SSSR count). The summed E-state index contributed by atoms with van der Waals surface area (Å²) in [5, 5.41) is 7.67. The molecule has 1 N–H and O–H groups in total. The molecule has 0 bridgehead atoms. The van der Waals surface area contributed by atoms with Gasteiger partial charge in [0.2, 0.25) is 11.7 Å². The lowest BCUT2D eigenvalue weighted by atomic mass is 10.00. The summed E-state index contributed by atoms with van der Waals surface area (Å²) in [6.07, 6.45) is 2.09. The van der Waals surface area contributed by atoms with Gasteiger partial charge >= 0.3 is 6.18 Å². The molecular weight excluding hydrogens is 466 g/mol. The van der Waals surface area contributed by atoms with Crippen molar-refractivity contribution in [2.75, 3.05) is 0 Å². The third-order valence-electron chi connectivity index (χ3n) is 5.84. The molecule has 0 fully saturated rings. The number of hydrogen-bond acceptors (Lipinski definition) is 5. The number of nitrogens with one attached hydrogen (secondary N) is 1. The predicted octanol–water partition coefficient (Wildman–Crippen LogP) is 3.78. The quantitative estimate of drug-likeness (QED) is 0.573. The van der Waals surface area contributed by atoms with Gasteiger partial charge in [-0.05, 0) is 23.8 Å². The first kappa shape index (κ1) is 22.6. The van der Waals surface area contributed by atoms with Crippen LogP contribution in [0.15, 0.2) is 71.0 Å². The van der Waals surface area contributed by atoms with Crippen LogP contribution < -0.4 is 5.56 Å². The molecule has 1 aliphatic carbocycles. The molecule has 0 radical (unpaired) electrons. The fourth-order valence-electron chi connectivity index (χ4n) is 4.16. The summed E-state index contributed by atoms with van der Waals surface area (Å²) in [5.74, 6) is -3.35. The molecule has 1 aromatic carbocycles. The summed E-state index contributed by atoms with van der Waals surface area (Å²) in [5.41, 5.74) is 1.34. The minimum absolute atomic E-state index is 0.0288. The Morgan fingerprint density at radius 2 is 1.89 bits per heavy atom. The van der Waals surface area contributed by atoms with Gasteiger partial charge in [0.1, 0.15) is 5.83 Å². The van der Waals surface area contributed by atoms with Gasteiger partial charge in [-0.3, -0.25) is 9.59 Å². The smallest absolute Gasteiger partial charge is 0.332 e. The standard InChI is InChI=1S/C24H17F4N5O2/c25-16-6-5-13(8-19-17-3-1-2-4-18(17)21(34)32-31-19)7-14(9-16)22(35)33-11-15-10-29-23(24(26,27)28)30-20(15)12-33/h1-7,9-10,14H,8,11-12H2,(H,32,34). The van der Waals surface area contributed by atoms with Gasteiger partial charge in [0.15, 0.2) is 0 Å². The second-order valence-corrected chi connectivity index (χ2v) is 8.23. The highest BCUT2D eigenvalue weighted by Crippen LogP contribution is 2.30. The molecule has 1 aliphatic heterocycles. The Labute approximate surface area is 195 Å². The normalized spacial score (nSPS) is 17.7. The van der Waals surface area contributed by atoms with E-state index in [1.54, 1.807) is 30.3 Å². The van der Waals surface area contributed by atoms with Crippen LogP contribution in [0, 0.1) is 5.92 Å². The second-order valence-electron chi connectivity index (χ2n) is 8.23. The van der Waals surface area contributed by atoms with Crippen LogP contribution in [0.3, 0.4) is 0 Å². The first-order chi connectivity index (χ1) is 16.7. The van der Waals surface area contributed by atoms with Gasteiger partial charge in [0.05, 0.1) is 29.2 Å². The lowest BCUT2D eigenvalue weighted by molar-refractivity contribution is -0.145. The number of H-pyrrole nitrogens is 1. The number of hydrogen-bond donors (Lipinski definition) is 1. The minimum Gasteiger partial charge on any atom is -0.332 e. The molecule has 3 heterocycles. The maximum absolute atomic E-state index is 14.4. The zero-order valence-corrected chi connectivity index (χ0v) is 18.0. The highest BCUT2D eigenvalue weighted by molar-refractivity contribution is 5.85. The summed E-state index contributed by atoms with van der Waals surface area (Å²) in [6, 6.07) is 6.93. The van der Waals surface area contributed by atoms with E-state index in [1.807, 2.05) is 0 Å². The SMILES string of the molecule is O=C(C1C=C(F)C=CC(Cc2n[nH]c(=O)c3ccccc23)=C1)N1Cc2cnc(C(F)(F)F)nc2C1. The Bertz CT molecular complexity index is 1490. The third kappa shape index (κ3) is 4.48. The predicted molar refractivity (Wildman–Crippen MR) is 117 cm³/mol. The van der Waals surface area contributed by atoms with Crippen molar-refractivity contribution in [3.8, 4) is 0 Å². The van der Waals surface area contributed by atoms with Crippen molar-refractivity contribution in [3.05, 3.63) is 99.3 Å². The monoisotopic (exact) mass is 483 g/mol. The van der Waals surface area contributed by atoms with E-state index in [0.29, 0.717) is 27.6 Å². The van der Waals surface area contributed by atoms with Crippen molar-refractivity contribution in [1.82, 2.24) is 25.1 Å². The third-order valence-corrected chi connectivity index (χ3v) is 5.84. The number of nitrogens with zero attached hydrogens (tertiary/aromatic N) is 4. The number of amides is 1. The van der Waals surface area contributed by atoms with Crippen LogP contribution in [0.5, 0.6) is 0 Å². The Kier molecular flexibility index (Phi) is 5.54. The Hall–Kier alpha value is -4.15. The minimum atomic E-state index is -4.69. The molecule has 1 amide bonds. The van der Waals surface area contributed by atoms with Crippen molar-refractivity contribution in [2.45, 2.75) is 25.7 Å². The number of aromatic nitrogens is 4. The summed E-state index contributed by atoms with van der Waals surface area (Å²) in [6.45, 7) is -0.102. The van der Waals surface area contributed by atoms with Crippen molar-refractivity contribution >= 4 is 16.7 Å². The van der Waals surface area contributed by atoms with Crippen LogP contribution in [0.2, 0.25) is 0 Å². The zero-order chi connectivity index (χ0) is 24.7. The molecule has 0 spiro atoms. The second kappa shape index (κ2) is 8.57. The fraction of sp³-hybridized carbons (Fsp3) is 0.208. The van der Waals surface area contributed by atoms with Crippen LogP contribution >= 0.6 is 0 Å². The number of fused-ring (bicyclic) bond motifs is 2. The van der Waals surface area contributed by atoms with E-state index in [1.165, 1.54) is 17.1 Å². The van der Waals surface area contributed by atoms with Gasteiger partial charge in [0, 0.05) is 30.1 Å². The van der Waals surface area contributed by atoms with Crippen molar-refractivity contribution in [1.29, 1.82) is 0 Å². The van der Waals surface area contributed by atoms with Crippen LogP contribution in [-0.4, -0.2) is 31.0 Å². The fourth-order valence-corrected chi connectivity index (χ4v) is 4.16. The average molecular weight is 483 g/mol. The van der Waals surface area contributed by atoms with Crippen molar-refractivity contribution < 1.29 is 22.4 Å². The molecule has 3 aromatic rings. The summed E-state index contributed by atoms with van der Waals surface area (Å²) in [4.78, 5) is 33.5. The molecule has 11 heteroatoms. The first-order valence-corrected chi connectivity index (χ1v) is 10.6. The molecule has 0 saturated heterocycles. The van der Waals surface area contributed by atoms with E-state index in [2.05, 4.69) is 20.2 Å². The number of carbonyl (C=O) groups excluding carboxylic acids is 1. The van der Waals surface area contributed by atoms with E-state index in [-0.39, 0.29) is 30.8 Å². The highest BCUT2D eigenvalue weighted by atomic mass is 19.4. The summed E-state index contributed by atoms with van der Waals surface area (Å²) in [7, 11) is 0. The molecule has 178 valence electrons. The van der Waals surface area contributed by atoms with Crippen molar-refractivity contribution in [3.63, 3.8) is 0 Å². The number of rotatable bonds is 3. The van der Waals surface area contributed by atoms with Gasteiger partial charge in [-0.15, -0.1) is 0 Å². The highest BCUT2D eigenvalue weighted by Gasteiger charge is 2.37. The topological polar surface area (TPSA) is 91.8 Å². The average Bonchev–Trinajstić information content (AvgIpc) is 3.17. The van der Waals surface area contributed by atoms with Crippen LogP contribution in [-0.2, 0) is 30.5 Å².